The van der Waals surface area contributed by atoms with E-state index in [2.05, 4.69) is 35.4 Å². The first kappa shape index (κ1) is 34.5. The zero-order chi connectivity index (χ0) is 34.9. The van der Waals surface area contributed by atoms with Crippen LogP contribution in [0.1, 0.15) is 47.3 Å². The van der Waals surface area contributed by atoms with Gasteiger partial charge in [0, 0.05) is 107 Å². The van der Waals surface area contributed by atoms with Gasteiger partial charge in [0.25, 0.3) is 5.91 Å². The van der Waals surface area contributed by atoms with Gasteiger partial charge in [-0.1, -0.05) is 6.08 Å². The number of aromatic amines is 1. The highest BCUT2D eigenvalue weighted by molar-refractivity contribution is 6.07. The molecule has 1 aromatic carbocycles. The third-order valence-corrected chi connectivity index (χ3v) is 9.65. The van der Waals surface area contributed by atoms with Crippen LogP contribution < -0.4 is 26.0 Å². The van der Waals surface area contributed by atoms with Gasteiger partial charge in [0.1, 0.15) is 5.82 Å². The van der Waals surface area contributed by atoms with Crippen LogP contribution in [0.2, 0.25) is 0 Å². The molecule has 2 aromatic heterocycles. The van der Waals surface area contributed by atoms with Crippen LogP contribution in [0.15, 0.2) is 47.7 Å². The summed E-state index contributed by atoms with van der Waals surface area (Å²) in [6, 6.07) is 3.39. The molecule has 0 unspecified atom stereocenters. The Morgan fingerprint density at radius 1 is 1.02 bits per heavy atom. The standard InChI is InChI=1S/C34H41F4N9O2/c1-21-18-47(19-22(2)44(21)3)30-14-28(35)25(12-29(30)43-32(49)26-17-40-31(48)13-27(26)34(36,37)38)24-4-8-46(9-5-24)33-41-15-23(16-42-33)20-45-10-6-39-7-11-45/h4,12-17,21-22,39H,5-11,18-20H2,1-3H3,(H,40,48)(H,43,49)/t21-,22+. The fourth-order valence-electron chi connectivity index (χ4n) is 6.67. The summed E-state index contributed by atoms with van der Waals surface area (Å²) in [7, 11) is 2.00. The Labute approximate surface area is 282 Å². The number of halogens is 4. The second kappa shape index (κ2) is 14.3. The summed E-state index contributed by atoms with van der Waals surface area (Å²) in [5.41, 5.74) is -0.551. The number of piperazine rings is 2. The molecule has 6 rings (SSSR count). The van der Waals surface area contributed by atoms with Gasteiger partial charge in [-0.3, -0.25) is 19.4 Å². The number of hydrogen-bond acceptors (Lipinski definition) is 9. The van der Waals surface area contributed by atoms with Crippen LogP contribution in [0, 0.1) is 5.82 Å². The molecule has 262 valence electrons. The summed E-state index contributed by atoms with van der Waals surface area (Å²) in [5.74, 6) is -0.998. The minimum atomic E-state index is -4.94. The first-order chi connectivity index (χ1) is 23.4. The van der Waals surface area contributed by atoms with E-state index in [4.69, 9.17) is 0 Å². The van der Waals surface area contributed by atoms with E-state index in [1.807, 2.05) is 49.2 Å². The van der Waals surface area contributed by atoms with E-state index in [0.717, 1.165) is 44.5 Å². The van der Waals surface area contributed by atoms with Crippen LogP contribution in [0.3, 0.4) is 0 Å². The summed E-state index contributed by atoms with van der Waals surface area (Å²) in [4.78, 5) is 44.9. The summed E-state index contributed by atoms with van der Waals surface area (Å²) < 4.78 is 57.5. The van der Waals surface area contributed by atoms with Gasteiger partial charge < -0.3 is 25.4 Å². The molecule has 5 heterocycles. The van der Waals surface area contributed by atoms with Crippen LogP contribution in [-0.4, -0.2) is 102 Å². The maximum Gasteiger partial charge on any atom is 0.417 e. The van der Waals surface area contributed by atoms with Crippen molar-refractivity contribution in [3.63, 3.8) is 0 Å². The molecule has 3 N–H and O–H groups in total. The topological polar surface area (TPSA) is 113 Å². The number of nitrogens with zero attached hydrogens (tertiary/aromatic N) is 6. The number of rotatable bonds is 7. The van der Waals surface area contributed by atoms with Crippen LogP contribution in [0.4, 0.5) is 34.9 Å². The van der Waals surface area contributed by atoms with Crippen molar-refractivity contribution in [1.29, 1.82) is 0 Å². The number of likely N-dealkylation sites (N-methyl/N-ethyl adjacent to an activating group) is 1. The molecular formula is C34H41F4N9O2. The van der Waals surface area contributed by atoms with Crippen molar-refractivity contribution in [2.75, 3.05) is 74.5 Å². The molecular weight excluding hydrogens is 642 g/mol. The Balaban J connectivity index is 1.27. The van der Waals surface area contributed by atoms with Crippen LogP contribution in [0.25, 0.3) is 5.57 Å². The van der Waals surface area contributed by atoms with Crippen LogP contribution in [-0.2, 0) is 12.7 Å². The quantitative estimate of drug-likeness (QED) is 0.321. The average molecular weight is 684 g/mol. The van der Waals surface area contributed by atoms with Gasteiger partial charge in [-0.25, -0.2) is 14.4 Å². The Hall–Kier alpha value is -4.34. The highest BCUT2D eigenvalue weighted by Gasteiger charge is 2.36. The molecule has 2 atom stereocenters. The van der Waals surface area contributed by atoms with Crippen molar-refractivity contribution in [2.45, 2.75) is 45.1 Å². The lowest BCUT2D eigenvalue weighted by atomic mass is 9.97. The maximum absolute atomic E-state index is 16.0. The third-order valence-electron chi connectivity index (χ3n) is 9.65. The minimum absolute atomic E-state index is 0.0939. The van der Waals surface area contributed by atoms with Gasteiger partial charge in [-0.15, -0.1) is 0 Å². The molecule has 1 amide bonds. The van der Waals surface area contributed by atoms with E-state index in [1.54, 1.807) is 0 Å². The number of benzene rings is 1. The van der Waals surface area contributed by atoms with E-state index in [1.165, 1.54) is 12.1 Å². The number of nitrogens with one attached hydrogen (secondary N) is 3. The van der Waals surface area contributed by atoms with E-state index in [9.17, 15) is 22.8 Å². The third kappa shape index (κ3) is 7.78. The Morgan fingerprint density at radius 3 is 2.35 bits per heavy atom. The number of aromatic nitrogens is 3. The van der Waals surface area contributed by atoms with Crippen LogP contribution in [0.5, 0.6) is 0 Å². The maximum atomic E-state index is 16.0. The largest absolute Gasteiger partial charge is 0.417 e. The first-order valence-electron chi connectivity index (χ1n) is 16.5. The van der Waals surface area contributed by atoms with Crippen LogP contribution >= 0.6 is 0 Å². The Bertz CT molecular complexity index is 1740. The second-order valence-corrected chi connectivity index (χ2v) is 13.0. The number of alkyl halides is 3. The summed E-state index contributed by atoms with van der Waals surface area (Å²) >= 11 is 0. The molecule has 3 aromatic rings. The molecule has 15 heteroatoms. The lowest BCUT2D eigenvalue weighted by Crippen LogP contribution is -2.55. The molecule has 2 fully saturated rings. The number of carbonyl (C=O) groups excluding carboxylic acids is 1. The van der Waals surface area contributed by atoms with Gasteiger partial charge in [-0.05, 0) is 45.0 Å². The summed E-state index contributed by atoms with van der Waals surface area (Å²) in [6.07, 6.45) is 1.83. The average Bonchev–Trinajstić information content (AvgIpc) is 3.08. The van der Waals surface area contributed by atoms with Gasteiger partial charge >= 0.3 is 6.18 Å². The predicted molar refractivity (Wildman–Crippen MR) is 180 cm³/mol. The monoisotopic (exact) mass is 683 g/mol. The smallest absolute Gasteiger partial charge is 0.367 e. The first-order valence-corrected chi connectivity index (χ1v) is 16.5. The second-order valence-electron chi connectivity index (χ2n) is 13.0. The Kier molecular flexibility index (Phi) is 10.0. The zero-order valence-electron chi connectivity index (χ0n) is 27.8. The number of amides is 1. The van der Waals surface area contributed by atoms with Crippen molar-refractivity contribution in [3.8, 4) is 0 Å². The molecule has 49 heavy (non-hydrogen) atoms. The van der Waals surface area contributed by atoms with E-state index < -0.39 is 34.6 Å². The normalized spacial score (nSPS) is 21.1. The fraction of sp³-hybridized carbons (Fsp3) is 0.471. The SMILES string of the molecule is C[C@@H]1CN(c2cc(F)c(C3=CCN(c4ncc(CN5CCNCC5)cn4)CC3)cc2NC(=O)c2c[nH]c(=O)cc2C(F)(F)F)C[C@H](C)N1C. The summed E-state index contributed by atoms with van der Waals surface area (Å²) in [6.45, 7) is 10.7. The summed E-state index contributed by atoms with van der Waals surface area (Å²) in [5, 5.41) is 5.97. The van der Waals surface area contributed by atoms with Gasteiger partial charge in [0.05, 0.1) is 22.5 Å². The number of H-pyrrole nitrogens is 1. The molecule has 0 saturated carbocycles. The molecule has 3 aliphatic heterocycles. The fourth-order valence-corrected chi connectivity index (χ4v) is 6.67. The van der Waals surface area contributed by atoms with Crippen molar-refractivity contribution in [2.24, 2.45) is 0 Å². The van der Waals surface area contributed by atoms with E-state index >= 15 is 4.39 Å². The lowest BCUT2D eigenvalue weighted by Gasteiger charge is -2.44. The highest BCUT2D eigenvalue weighted by atomic mass is 19.4. The molecule has 3 aliphatic rings. The van der Waals surface area contributed by atoms with Crippen molar-refractivity contribution >= 4 is 28.8 Å². The van der Waals surface area contributed by atoms with Gasteiger partial charge in [0.2, 0.25) is 11.5 Å². The predicted octanol–water partition coefficient (Wildman–Crippen LogP) is 3.80. The van der Waals surface area contributed by atoms with E-state index in [-0.39, 0.29) is 23.3 Å². The minimum Gasteiger partial charge on any atom is -0.367 e. The molecule has 2 saturated heterocycles. The lowest BCUT2D eigenvalue weighted by molar-refractivity contribution is -0.138. The number of anilines is 3. The molecule has 0 aliphatic carbocycles. The number of hydrogen-bond donors (Lipinski definition) is 3. The van der Waals surface area contributed by atoms with Gasteiger partial charge in [-0.2, -0.15) is 13.2 Å². The van der Waals surface area contributed by atoms with Crippen molar-refractivity contribution in [3.05, 3.63) is 81.3 Å². The molecule has 11 nitrogen and oxygen atoms in total. The molecule has 0 bridgehead atoms. The van der Waals surface area contributed by atoms with E-state index in [0.29, 0.717) is 55.9 Å². The molecule has 0 spiro atoms. The van der Waals surface area contributed by atoms with Crippen molar-refractivity contribution < 1.29 is 22.4 Å². The number of pyridine rings is 1. The Morgan fingerprint density at radius 2 is 1.71 bits per heavy atom. The number of carbonyl (C=O) groups is 1. The zero-order valence-corrected chi connectivity index (χ0v) is 27.8. The molecule has 0 radical (unpaired) electrons. The van der Waals surface area contributed by atoms with Gasteiger partial charge in [0.15, 0.2) is 0 Å². The van der Waals surface area contributed by atoms with Crippen molar-refractivity contribution in [1.82, 2.24) is 30.1 Å². The highest BCUT2D eigenvalue weighted by Crippen LogP contribution is 2.37.